The number of nitrogens with one attached hydrogen (secondary N) is 1. The molecule has 0 aliphatic carbocycles. The van der Waals surface area contributed by atoms with E-state index in [2.05, 4.69) is 0 Å². The summed E-state index contributed by atoms with van der Waals surface area (Å²) >= 11 is 1.20. The third kappa shape index (κ3) is 4.58. The molecule has 1 atom stereocenters. The molecule has 0 aliphatic rings. The molecule has 2 N–H and O–H groups in total. The summed E-state index contributed by atoms with van der Waals surface area (Å²) in [6.07, 6.45) is 1.41. The van der Waals surface area contributed by atoms with Crippen LogP contribution < -0.4 is 4.72 Å². The Bertz CT molecular complexity index is 340. The Morgan fingerprint density at radius 1 is 1.50 bits per heavy atom. The van der Waals surface area contributed by atoms with Crippen molar-refractivity contribution in [1.82, 2.24) is 4.72 Å². The molecule has 0 spiro atoms. The fraction of sp³-hybridized carbons (Fsp3) is 0.833. The Balaban J connectivity index is 4.71. The minimum atomic E-state index is -5.61. The first-order valence-corrected chi connectivity index (χ1v) is 6.80. The summed E-state index contributed by atoms with van der Waals surface area (Å²) in [6, 6.07) is -1.76. The van der Waals surface area contributed by atoms with E-state index in [1.165, 1.54) is 11.8 Å². The van der Waals surface area contributed by atoms with Gasteiger partial charge in [0.25, 0.3) is 0 Å². The molecule has 0 heterocycles. The maximum absolute atomic E-state index is 11.9. The Morgan fingerprint density at radius 3 is 2.31 bits per heavy atom. The summed E-state index contributed by atoms with van der Waals surface area (Å²) < 4.78 is 58.1. The summed E-state index contributed by atoms with van der Waals surface area (Å²) in [7, 11) is -5.61. The van der Waals surface area contributed by atoms with Gasteiger partial charge in [-0.15, -0.1) is 0 Å². The maximum atomic E-state index is 11.9. The van der Waals surface area contributed by atoms with Gasteiger partial charge in [-0.25, -0.2) is 8.42 Å². The van der Waals surface area contributed by atoms with Crippen LogP contribution >= 0.6 is 11.8 Å². The molecule has 0 rings (SSSR count). The van der Waals surface area contributed by atoms with Gasteiger partial charge in [0.15, 0.2) is 0 Å². The van der Waals surface area contributed by atoms with Crippen molar-refractivity contribution in [3.05, 3.63) is 0 Å². The first kappa shape index (κ1) is 15.5. The van der Waals surface area contributed by atoms with Crippen molar-refractivity contribution in [2.45, 2.75) is 18.0 Å². The predicted molar refractivity (Wildman–Crippen MR) is 52.5 cm³/mol. The second-order valence-electron chi connectivity index (χ2n) is 2.74. The third-order valence-corrected chi connectivity index (χ3v) is 3.36. The Kier molecular flexibility index (Phi) is 5.56. The Morgan fingerprint density at radius 2 is 2.00 bits per heavy atom. The summed E-state index contributed by atoms with van der Waals surface area (Å²) in [4.78, 5) is 10.5. The molecule has 0 amide bonds. The van der Waals surface area contributed by atoms with Crippen molar-refractivity contribution < 1.29 is 31.5 Å². The second kappa shape index (κ2) is 5.73. The lowest BCUT2D eigenvalue weighted by atomic mass is 10.2. The highest BCUT2D eigenvalue weighted by Crippen LogP contribution is 2.22. The van der Waals surface area contributed by atoms with Crippen LogP contribution in [0.1, 0.15) is 6.42 Å². The van der Waals surface area contributed by atoms with Crippen LogP contribution in [0.5, 0.6) is 0 Å². The van der Waals surface area contributed by atoms with Crippen LogP contribution in [0, 0.1) is 0 Å². The lowest BCUT2D eigenvalue weighted by Crippen LogP contribution is -2.46. The molecule has 5 nitrogen and oxygen atoms in total. The molecule has 1 unspecified atom stereocenters. The molecule has 0 radical (unpaired) electrons. The standard InChI is InChI=1S/C6H10F3NO4S2/c1-15-3-2-4(5(11)12)10-16(13,14)6(7,8)9/h4,10H,2-3H2,1H3,(H,11,12). The van der Waals surface area contributed by atoms with Crippen LogP contribution in [0.25, 0.3) is 0 Å². The van der Waals surface area contributed by atoms with Crippen LogP contribution in [0.4, 0.5) is 13.2 Å². The summed E-state index contributed by atoms with van der Waals surface area (Å²) in [5.41, 5.74) is -5.50. The molecule has 0 aromatic heterocycles. The Hall–Kier alpha value is -0.480. The molecule has 0 aliphatic heterocycles. The normalized spacial score (nSPS) is 14.8. The van der Waals surface area contributed by atoms with Crippen molar-refractivity contribution >= 4 is 27.8 Å². The molecule has 0 fully saturated rings. The maximum Gasteiger partial charge on any atom is 0.511 e. The molecular weight excluding hydrogens is 271 g/mol. The highest BCUT2D eigenvalue weighted by atomic mass is 32.2. The molecule has 16 heavy (non-hydrogen) atoms. The minimum Gasteiger partial charge on any atom is -0.480 e. The SMILES string of the molecule is CSCCC(NS(=O)(=O)C(F)(F)F)C(=O)O. The average Bonchev–Trinajstić information content (AvgIpc) is 2.09. The average molecular weight is 281 g/mol. The number of hydrogen-bond donors (Lipinski definition) is 2. The highest BCUT2D eigenvalue weighted by Gasteiger charge is 2.47. The molecule has 96 valence electrons. The number of alkyl halides is 3. The number of carboxylic acid groups (broad SMARTS) is 1. The van der Waals surface area contributed by atoms with Crippen molar-refractivity contribution in [1.29, 1.82) is 0 Å². The van der Waals surface area contributed by atoms with E-state index in [-0.39, 0.29) is 12.2 Å². The molecule has 10 heteroatoms. The molecule has 0 bridgehead atoms. The van der Waals surface area contributed by atoms with Crippen LogP contribution in [-0.4, -0.2) is 43.1 Å². The van der Waals surface area contributed by atoms with Crippen molar-refractivity contribution in [3.63, 3.8) is 0 Å². The zero-order chi connectivity index (χ0) is 13.0. The lowest BCUT2D eigenvalue weighted by molar-refractivity contribution is -0.139. The first-order valence-electron chi connectivity index (χ1n) is 3.92. The van der Waals surface area contributed by atoms with Gasteiger partial charge in [-0.2, -0.15) is 29.7 Å². The van der Waals surface area contributed by atoms with E-state index in [1.54, 1.807) is 6.26 Å². The zero-order valence-electron chi connectivity index (χ0n) is 8.11. The number of halogens is 3. The minimum absolute atomic E-state index is 0.216. The van der Waals surface area contributed by atoms with Gasteiger partial charge in [-0.05, 0) is 18.4 Å². The quantitative estimate of drug-likeness (QED) is 0.746. The van der Waals surface area contributed by atoms with Crippen LogP contribution in [0.15, 0.2) is 0 Å². The fourth-order valence-corrected chi connectivity index (χ4v) is 1.92. The first-order chi connectivity index (χ1) is 7.12. The largest absolute Gasteiger partial charge is 0.511 e. The smallest absolute Gasteiger partial charge is 0.480 e. The van der Waals surface area contributed by atoms with E-state index < -0.39 is 27.5 Å². The summed E-state index contributed by atoms with van der Waals surface area (Å²) in [5, 5.41) is 8.53. The number of sulfonamides is 1. The molecule has 0 saturated carbocycles. The van der Waals surface area contributed by atoms with Gasteiger partial charge in [-0.1, -0.05) is 0 Å². The molecular formula is C6H10F3NO4S2. The molecule has 0 saturated heterocycles. The van der Waals surface area contributed by atoms with Gasteiger partial charge in [-0.3, -0.25) is 4.79 Å². The number of aliphatic carboxylic acids is 1. The van der Waals surface area contributed by atoms with E-state index in [0.717, 1.165) is 4.72 Å². The second-order valence-corrected chi connectivity index (χ2v) is 5.43. The monoisotopic (exact) mass is 281 g/mol. The van der Waals surface area contributed by atoms with Crippen LogP contribution in [0.2, 0.25) is 0 Å². The third-order valence-electron chi connectivity index (χ3n) is 1.51. The number of thioether (sulfide) groups is 1. The number of rotatable bonds is 6. The van der Waals surface area contributed by atoms with Gasteiger partial charge < -0.3 is 5.11 Å². The van der Waals surface area contributed by atoms with E-state index in [1.807, 2.05) is 0 Å². The summed E-state index contributed by atoms with van der Waals surface area (Å²) in [6.45, 7) is 0. The topological polar surface area (TPSA) is 83.5 Å². The predicted octanol–water partition coefficient (Wildman–Crippen LogP) is 0.632. The highest BCUT2D eigenvalue weighted by molar-refractivity contribution is 7.98. The number of hydrogen-bond acceptors (Lipinski definition) is 4. The number of carboxylic acids is 1. The lowest BCUT2D eigenvalue weighted by Gasteiger charge is -2.15. The zero-order valence-corrected chi connectivity index (χ0v) is 9.75. The number of carbonyl (C=O) groups is 1. The van der Waals surface area contributed by atoms with Gasteiger partial charge in [0.2, 0.25) is 0 Å². The Labute approximate surface area is 94.5 Å². The van der Waals surface area contributed by atoms with Gasteiger partial charge in [0, 0.05) is 0 Å². The van der Waals surface area contributed by atoms with Crippen molar-refractivity contribution in [2.75, 3.05) is 12.0 Å². The van der Waals surface area contributed by atoms with Crippen molar-refractivity contribution in [3.8, 4) is 0 Å². The van der Waals surface area contributed by atoms with E-state index in [9.17, 15) is 26.4 Å². The van der Waals surface area contributed by atoms with Gasteiger partial charge in [0.05, 0.1) is 0 Å². The van der Waals surface area contributed by atoms with Crippen molar-refractivity contribution in [2.24, 2.45) is 0 Å². The molecule has 0 aromatic rings. The van der Waals surface area contributed by atoms with E-state index in [0.29, 0.717) is 0 Å². The van der Waals surface area contributed by atoms with Crippen LogP contribution in [-0.2, 0) is 14.8 Å². The fourth-order valence-electron chi connectivity index (χ4n) is 0.723. The van der Waals surface area contributed by atoms with E-state index in [4.69, 9.17) is 5.11 Å². The summed E-state index contributed by atoms with van der Waals surface area (Å²) in [5.74, 6) is -1.40. The van der Waals surface area contributed by atoms with Gasteiger partial charge >= 0.3 is 21.5 Å². The van der Waals surface area contributed by atoms with Crippen LogP contribution in [0.3, 0.4) is 0 Å². The van der Waals surface area contributed by atoms with Gasteiger partial charge in [0.1, 0.15) is 6.04 Å². The molecule has 0 aromatic carbocycles. The van der Waals surface area contributed by atoms with E-state index >= 15 is 0 Å².